The van der Waals surface area contributed by atoms with Crippen LogP contribution >= 0.6 is 0 Å². The molecule has 0 heterocycles. The average Bonchev–Trinajstić information content (AvgIpc) is 2.81. The van der Waals surface area contributed by atoms with Gasteiger partial charge in [0.25, 0.3) is 0 Å². The van der Waals surface area contributed by atoms with E-state index in [2.05, 4.69) is 102 Å². The maximum absolute atomic E-state index is 9.21. The van der Waals surface area contributed by atoms with Gasteiger partial charge in [0.15, 0.2) is 0 Å². The fourth-order valence-electron chi connectivity index (χ4n) is 2.60. The second-order valence-electron chi connectivity index (χ2n) is 6.10. The van der Waals surface area contributed by atoms with E-state index in [0.717, 1.165) is 0 Å². The van der Waals surface area contributed by atoms with E-state index in [9.17, 15) is 9.59 Å². The van der Waals surface area contributed by atoms with Crippen LogP contribution in [0.5, 0.6) is 0 Å². The van der Waals surface area contributed by atoms with Gasteiger partial charge in [-0.15, -0.1) is 0 Å². The first-order chi connectivity index (χ1) is 15.1. The highest BCUT2D eigenvalue weighted by Gasteiger charge is 2.01. The first-order valence-corrected chi connectivity index (χ1v) is 9.41. The van der Waals surface area contributed by atoms with E-state index in [4.69, 9.17) is 10.2 Å². The van der Waals surface area contributed by atoms with Crippen molar-refractivity contribution in [3.05, 3.63) is 121 Å². The van der Waals surface area contributed by atoms with E-state index in [1.165, 1.54) is 22.3 Å². The second-order valence-corrected chi connectivity index (χ2v) is 6.10. The number of ether oxygens (including phenoxy) is 1. The fourth-order valence-corrected chi connectivity index (χ4v) is 2.60. The maximum Gasteiger partial charge on any atom is 0.516 e. The molecular formula is C26H22O5. The van der Waals surface area contributed by atoms with Crippen molar-refractivity contribution < 1.29 is 24.5 Å². The summed E-state index contributed by atoms with van der Waals surface area (Å²) < 4.78 is 3.08. The molecule has 0 radical (unpaired) electrons. The summed E-state index contributed by atoms with van der Waals surface area (Å²) in [5.41, 5.74) is 5.10. The molecule has 0 saturated carbocycles. The van der Waals surface area contributed by atoms with E-state index < -0.39 is 12.3 Å². The molecule has 0 saturated heterocycles. The third-order valence-corrected chi connectivity index (χ3v) is 3.94. The largest absolute Gasteiger partial charge is 0.516 e. The maximum atomic E-state index is 9.21. The van der Waals surface area contributed by atoms with Gasteiger partial charge in [0.2, 0.25) is 0 Å². The third kappa shape index (κ3) is 9.11. The number of benzene rings is 4. The summed E-state index contributed by atoms with van der Waals surface area (Å²) in [5.74, 6) is 0. The van der Waals surface area contributed by atoms with Crippen molar-refractivity contribution in [2.75, 3.05) is 0 Å². The number of hydrogen-bond acceptors (Lipinski definition) is 3. The predicted octanol–water partition coefficient (Wildman–Crippen LogP) is 7.07. The Morgan fingerprint density at radius 1 is 0.419 bits per heavy atom. The van der Waals surface area contributed by atoms with Gasteiger partial charge in [0, 0.05) is 0 Å². The van der Waals surface area contributed by atoms with Crippen LogP contribution in [0.2, 0.25) is 0 Å². The van der Waals surface area contributed by atoms with Gasteiger partial charge in [-0.05, 0) is 22.3 Å². The standard InChI is InChI=1S/2C12H10.C2H2O5/c2*1-3-7-11(8-4-1)12-9-5-2-6-10-12;3-1(4)7-2(5)6/h2*1-10H;(H,3,4)(H,5,6). The number of rotatable bonds is 2. The zero-order valence-corrected chi connectivity index (χ0v) is 16.7. The molecule has 4 rings (SSSR count). The highest BCUT2D eigenvalue weighted by molar-refractivity contribution is 5.74. The quantitative estimate of drug-likeness (QED) is 0.271. The Hall–Kier alpha value is -4.38. The summed E-state index contributed by atoms with van der Waals surface area (Å²) in [6.07, 6.45) is -3.62. The van der Waals surface area contributed by atoms with Gasteiger partial charge in [-0.1, -0.05) is 121 Å². The minimum Gasteiger partial charge on any atom is -0.449 e. The van der Waals surface area contributed by atoms with E-state index in [-0.39, 0.29) is 0 Å². The third-order valence-electron chi connectivity index (χ3n) is 3.94. The van der Waals surface area contributed by atoms with Crippen molar-refractivity contribution in [3.8, 4) is 22.3 Å². The predicted molar refractivity (Wildman–Crippen MR) is 121 cm³/mol. The Balaban J connectivity index is 0.000000173. The van der Waals surface area contributed by atoms with Gasteiger partial charge in [-0.2, -0.15) is 0 Å². The Labute approximate surface area is 180 Å². The van der Waals surface area contributed by atoms with Crippen molar-refractivity contribution in [3.63, 3.8) is 0 Å². The Kier molecular flexibility index (Phi) is 9.57. The first-order valence-electron chi connectivity index (χ1n) is 9.41. The molecule has 0 amide bonds. The van der Waals surface area contributed by atoms with Crippen LogP contribution in [0.15, 0.2) is 121 Å². The molecule has 5 heteroatoms. The van der Waals surface area contributed by atoms with Crippen molar-refractivity contribution >= 4 is 12.3 Å². The molecular weight excluding hydrogens is 392 g/mol. The lowest BCUT2D eigenvalue weighted by Gasteiger charge is -1.98. The summed E-state index contributed by atoms with van der Waals surface area (Å²) in [6.45, 7) is 0. The van der Waals surface area contributed by atoms with Gasteiger partial charge in [0.1, 0.15) is 0 Å². The lowest BCUT2D eigenvalue weighted by Crippen LogP contribution is -2.05. The molecule has 0 spiro atoms. The molecule has 0 unspecified atom stereocenters. The molecule has 0 aromatic heterocycles. The molecule has 4 aromatic rings. The van der Waals surface area contributed by atoms with Crippen LogP contribution in [0, 0.1) is 0 Å². The highest BCUT2D eigenvalue weighted by atomic mass is 16.7. The summed E-state index contributed by atoms with van der Waals surface area (Å²) in [6, 6.07) is 41.6. The summed E-state index contributed by atoms with van der Waals surface area (Å²) in [4.78, 5) is 18.4. The van der Waals surface area contributed by atoms with Crippen LogP contribution in [0.3, 0.4) is 0 Å². The molecule has 0 aliphatic rings. The van der Waals surface area contributed by atoms with E-state index in [1.807, 2.05) is 24.3 Å². The van der Waals surface area contributed by atoms with Crippen LogP contribution in [0.1, 0.15) is 0 Å². The van der Waals surface area contributed by atoms with Gasteiger partial charge >= 0.3 is 12.3 Å². The number of hydrogen-bond donors (Lipinski definition) is 2. The minimum atomic E-state index is -1.81. The zero-order chi connectivity index (χ0) is 22.3. The molecule has 5 nitrogen and oxygen atoms in total. The zero-order valence-electron chi connectivity index (χ0n) is 16.7. The van der Waals surface area contributed by atoms with Crippen LogP contribution in [0.4, 0.5) is 9.59 Å². The van der Waals surface area contributed by atoms with Crippen molar-refractivity contribution in [1.29, 1.82) is 0 Å². The van der Waals surface area contributed by atoms with Crippen LogP contribution < -0.4 is 0 Å². The van der Waals surface area contributed by atoms with E-state index >= 15 is 0 Å². The monoisotopic (exact) mass is 414 g/mol. The van der Waals surface area contributed by atoms with Crippen LogP contribution in [-0.4, -0.2) is 22.5 Å². The molecule has 156 valence electrons. The number of carboxylic acid groups (broad SMARTS) is 2. The van der Waals surface area contributed by atoms with Gasteiger partial charge in [-0.25, -0.2) is 9.59 Å². The molecule has 0 fully saturated rings. The summed E-state index contributed by atoms with van der Waals surface area (Å²) in [7, 11) is 0. The summed E-state index contributed by atoms with van der Waals surface area (Å²) >= 11 is 0. The van der Waals surface area contributed by atoms with Crippen LogP contribution in [-0.2, 0) is 4.74 Å². The Morgan fingerprint density at radius 3 is 0.742 bits per heavy atom. The van der Waals surface area contributed by atoms with Crippen molar-refractivity contribution in [2.24, 2.45) is 0 Å². The molecule has 0 aliphatic heterocycles. The summed E-state index contributed by atoms with van der Waals surface area (Å²) in [5, 5.41) is 15.0. The first kappa shape index (κ1) is 22.9. The van der Waals surface area contributed by atoms with Crippen molar-refractivity contribution in [2.45, 2.75) is 0 Å². The molecule has 4 aromatic carbocycles. The normalized spacial score (nSPS) is 9.16. The molecule has 2 N–H and O–H groups in total. The lowest BCUT2D eigenvalue weighted by molar-refractivity contribution is 0.0802. The number of carbonyl (C=O) groups is 2. The lowest BCUT2D eigenvalue weighted by atomic mass is 10.1. The average molecular weight is 414 g/mol. The molecule has 0 bridgehead atoms. The fraction of sp³-hybridized carbons (Fsp3) is 0. The van der Waals surface area contributed by atoms with Gasteiger partial charge < -0.3 is 14.9 Å². The minimum absolute atomic E-state index is 1.28. The van der Waals surface area contributed by atoms with Gasteiger partial charge in [-0.3, -0.25) is 0 Å². The van der Waals surface area contributed by atoms with E-state index in [1.54, 1.807) is 0 Å². The molecule has 31 heavy (non-hydrogen) atoms. The molecule has 0 atom stereocenters. The van der Waals surface area contributed by atoms with Crippen molar-refractivity contribution in [1.82, 2.24) is 0 Å². The Morgan fingerprint density at radius 2 is 0.613 bits per heavy atom. The molecule has 0 aliphatic carbocycles. The SMILES string of the molecule is O=C(O)OC(=O)O.c1ccc(-c2ccccc2)cc1.c1ccc(-c2ccccc2)cc1. The smallest absolute Gasteiger partial charge is 0.449 e. The Bertz CT molecular complexity index is 872. The topological polar surface area (TPSA) is 83.8 Å². The van der Waals surface area contributed by atoms with Crippen LogP contribution in [0.25, 0.3) is 22.3 Å². The van der Waals surface area contributed by atoms with Gasteiger partial charge in [0.05, 0.1) is 0 Å². The second kappa shape index (κ2) is 13.0. The highest BCUT2D eigenvalue weighted by Crippen LogP contribution is 2.18. The van der Waals surface area contributed by atoms with E-state index in [0.29, 0.717) is 0 Å².